The molecule has 1 heterocycles. The largest absolute Gasteiger partial charge is 0.366 e. The van der Waals surface area contributed by atoms with E-state index >= 15 is 0 Å². The summed E-state index contributed by atoms with van der Waals surface area (Å²) in [6.45, 7) is 6.42. The summed E-state index contributed by atoms with van der Waals surface area (Å²) in [5.41, 5.74) is -0.310. The highest BCUT2D eigenvalue weighted by atomic mass is 35.5. The maximum Gasteiger partial charge on any atom is 0.271 e. The van der Waals surface area contributed by atoms with E-state index in [0.717, 1.165) is 12.8 Å². The molecule has 5 heteroatoms. The highest BCUT2D eigenvalue weighted by Crippen LogP contribution is 2.17. The van der Waals surface area contributed by atoms with Gasteiger partial charge in [-0.25, -0.2) is 4.98 Å². The Labute approximate surface area is 100 Å². The number of aromatic amines is 1. The summed E-state index contributed by atoms with van der Waals surface area (Å²) < 4.78 is 0. The van der Waals surface area contributed by atoms with Gasteiger partial charge in [-0.1, -0.05) is 31.9 Å². The Bertz CT molecular complexity index is 391. The van der Waals surface area contributed by atoms with Crippen LogP contribution in [0.1, 0.15) is 33.6 Å². The second-order valence-corrected chi connectivity index (χ2v) is 4.57. The van der Waals surface area contributed by atoms with Crippen molar-refractivity contribution in [2.45, 2.75) is 39.7 Å². The highest BCUT2D eigenvalue weighted by molar-refractivity contribution is 6.32. The summed E-state index contributed by atoms with van der Waals surface area (Å²) in [5.74, 6) is 1.10. The Hall–Kier alpha value is -1.03. The van der Waals surface area contributed by atoms with Gasteiger partial charge in [0.15, 0.2) is 5.82 Å². The van der Waals surface area contributed by atoms with Crippen LogP contribution in [-0.2, 0) is 0 Å². The minimum Gasteiger partial charge on any atom is -0.366 e. The lowest BCUT2D eigenvalue weighted by Gasteiger charge is -2.18. The number of rotatable bonds is 5. The van der Waals surface area contributed by atoms with Gasteiger partial charge in [0.1, 0.15) is 5.02 Å². The second-order valence-electron chi connectivity index (χ2n) is 4.19. The Morgan fingerprint density at radius 3 is 2.88 bits per heavy atom. The molecule has 2 N–H and O–H groups in total. The van der Waals surface area contributed by atoms with Crippen molar-refractivity contribution < 1.29 is 0 Å². The molecule has 0 aliphatic heterocycles. The molecule has 0 aromatic carbocycles. The van der Waals surface area contributed by atoms with Gasteiger partial charge in [-0.3, -0.25) is 4.79 Å². The van der Waals surface area contributed by atoms with Gasteiger partial charge in [0, 0.05) is 6.04 Å². The molecule has 0 aliphatic carbocycles. The van der Waals surface area contributed by atoms with Gasteiger partial charge < -0.3 is 10.3 Å². The zero-order valence-electron chi connectivity index (χ0n) is 9.88. The summed E-state index contributed by atoms with van der Waals surface area (Å²) in [6, 6.07) is 0.252. The van der Waals surface area contributed by atoms with E-state index in [4.69, 9.17) is 11.6 Å². The third-order valence-corrected chi connectivity index (χ3v) is 2.98. The summed E-state index contributed by atoms with van der Waals surface area (Å²) >= 11 is 5.84. The maximum atomic E-state index is 11.2. The number of aromatic nitrogens is 2. The van der Waals surface area contributed by atoms with Crippen molar-refractivity contribution in [1.82, 2.24) is 9.97 Å². The molecule has 0 fully saturated rings. The molecule has 0 aliphatic rings. The van der Waals surface area contributed by atoms with Crippen molar-refractivity contribution in [3.8, 4) is 0 Å². The maximum absolute atomic E-state index is 11.2. The zero-order chi connectivity index (χ0) is 12.1. The summed E-state index contributed by atoms with van der Waals surface area (Å²) in [6.07, 6.45) is 3.52. The molecule has 4 nitrogen and oxygen atoms in total. The van der Waals surface area contributed by atoms with Gasteiger partial charge in [0.25, 0.3) is 5.56 Å². The Kier molecular flexibility index (Phi) is 4.80. The first kappa shape index (κ1) is 13.0. The lowest BCUT2D eigenvalue weighted by atomic mass is 10.0. The third-order valence-electron chi connectivity index (χ3n) is 2.63. The van der Waals surface area contributed by atoms with Crippen LogP contribution in [0.25, 0.3) is 0 Å². The highest BCUT2D eigenvalue weighted by Gasteiger charge is 2.11. The van der Waals surface area contributed by atoms with E-state index in [1.54, 1.807) is 0 Å². The van der Waals surface area contributed by atoms with E-state index < -0.39 is 0 Å². The number of H-pyrrole nitrogens is 1. The molecule has 1 aromatic heterocycles. The first-order valence-electron chi connectivity index (χ1n) is 5.54. The fourth-order valence-electron chi connectivity index (χ4n) is 1.55. The fourth-order valence-corrected chi connectivity index (χ4v) is 1.70. The van der Waals surface area contributed by atoms with Crippen molar-refractivity contribution in [3.05, 3.63) is 21.7 Å². The van der Waals surface area contributed by atoms with E-state index in [9.17, 15) is 4.79 Å². The molecule has 0 amide bonds. The lowest BCUT2D eigenvalue weighted by Crippen LogP contribution is -2.21. The Balaban J connectivity index is 2.66. The monoisotopic (exact) mass is 243 g/mol. The van der Waals surface area contributed by atoms with Crippen molar-refractivity contribution >= 4 is 17.4 Å². The molecule has 2 atom stereocenters. The molecule has 0 saturated heterocycles. The molecular weight excluding hydrogens is 226 g/mol. The first-order valence-corrected chi connectivity index (χ1v) is 5.92. The van der Waals surface area contributed by atoms with Crippen molar-refractivity contribution in [2.75, 3.05) is 5.32 Å². The molecule has 90 valence electrons. The number of halogens is 1. The molecule has 0 radical (unpaired) electrons. The predicted octanol–water partition coefficient (Wildman–Crippen LogP) is 2.66. The van der Waals surface area contributed by atoms with Gasteiger partial charge in [-0.2, -0.15) is 0 Å². The number of hydrogen-bond acceptors (Lipinski definition) is 3. The van der Waals surface area contributed by atoms with Crippen LogP contribution >= 0.6 is 11.6 Å². The van der Waals surface area contributed by atoms with Gasteiger partial charge in [0.2, 0.25) is 0 Å². The van der Waals surface area contributed by atoms with Crippen molar-refractivity contribution in [1.29, 1.82) is 0 Å². The van der Waals surface area contributed by atoms with E-state index in [2.05, 4.69) is 36.1 Å². The fraction of sp³-hybridized carbons (Fsp3) is 0.636. The molecule has 0 bridgehead atoms. The molecule has 1 rings (SSSR count). The second kappa shape index (κ2) is 5.89. The van der Waals surface area contributed by atoms with Gasteiger partial charge in [0.05, 0.1) is 6.33 Å². The minimum atomic E-state index is -0.310. The third kappa shape index (κ3) is 3.52. The van der Waals surface area contributed by atoms with E-state index in [1.807, 2.05) is 0 Å². The van der Waals surface area contributed by atoms with E-state index in [1.165, 1.54) is 6.33 Å². The van der Waals surface area contributed by atoms with E-state index in [0.29, 0.717) is 11.7 Å². The van der Waals surface area contributed by atoms with Crippen molar-refractivity contribution in [3.63, 3.8) is 0 Å². The Morgan fingerprint density at radius 1 is 1.56 bits per heavy atom. The number of anilines is 1. The molecule has 2 unspecified atom stereocenters. The van der Waals surface area contributed by atoms with E-state index in [-0.39, 0.29) is 16.6 Å². The van der Waals surface area contributed by atoms with Gasteiger partial charge in [-0.05, 0) is 19.3 Å². The molecule has 0 spiro atoms. The molecule has 0 saturated carbocycles. The van der Waals surface area contributed by atoms with Crippen LogP contribution in [0.4, 0.5) is 5.82 Å². The lowest BCUT2D eigenvalue weighted by molar-refractivity contribution is 0.483. The Morgan fingerprint density at radius 2 is 2.25 bits per heavy atom. The quantitative estimate of drug-likeness (QED) is 0.836. The van der Waals surface area contributed by atoms with Gasteiger partial charge in [-0.15, -0.1) is 0 Å². The predicted molar refractivity (Wildman–Crippen MR) is 67.0 cm³/mol. The first-order chi connectivity index (χ1) is 7.54. The van der Waals surface area contributed by atoms with Crippen LogP contribution in [-0.4, -0.2) is 16.0 Å². The molecule has 1 aromatic rings. The standard InChI is InChI=1S/C11H18ClN3O/c1-4-7(2)5-8(3)15-10-9(12)11(16)14-6-13-10/h6-8H,4-5H2,1-3H3,(H2,13,14,15,16). The van der Waals surface area contributed by atoms with Crippen LogP contribution < -0.4 is 10.9 Å². The minimum absolute atomic E-state index is 0.124. The normalized spacial score (nSPS) is 14.5. The van der Waals surface area contributed by atoms with Crippen LogP contribution in [0.5, 0.6) is 0 Å². The summed E-state index contributed by atoms with van der Waals surface area (Å²) in [4.78, 5) is 17.7. The smallest absolute Gasteiger partial charge is 0.271 e. The van der Waals surface area contributed by atoms with Gasteiger partial charge >= 0.3 is 0 Å². The van der Waals surface area contributed by atoms with Crippen molar-refractivity contribution in [2.24, 2.45) is 5.92 Å². The average Bonchev–Trinajstić information content (AvgIpc) is 2.24. The number of hydrogen-bond donors (Lipinski definition) is 2. The van der Waals surface area contributed by atoms with Crippen LogP contribution in [0, 0.1) is 5.92 Å². The van der Waals surface area contributed by atoms with Crippen LogP contribution in [0.3, 0.4) is 0 Å². The average molecular weight is 244 g/mol. The van der Waals surface area contributed by atoms with Crippen LogP contribution in [0.2, 0.25) is 5.02 Å². The topological polar surface area (TPSA) is 57.8 Å². The zero-order valence-corrected chi connectivity index (χ0v) is 10.6. The molecule has 16 heavy (non-hydrogen) atoms. The molecular formula is C11H18ClN3O. The number of nitrogens with zero attached hydrogens (tertiary/aromatic N) is 1. The SMILES string of the molecule is CCC(C)CC(C)Nc1nc[nH]c(=O)c1Cl. The van der Waals surface area contributed by atoms with Crippen LogP contribution in [0.15, 0.2) is 11.1 Å². The summed E-state index contributed by atoms with van der Waals surface area (Å²) in [5, 5.41) is 3.28. The summed E-state index contributed by atoms with van der Waals surface area (Å²) in [7, 11) is 0. The number of nitrogens with one attached hydrogen (secondary N) is 2.